The molecule has 0 unspecified atom stereocenters. The minimum absolute atomic E-state index is 0.135. The standard InChI is InChI=1S/C19H19Cl2N3O2/c1-11-8-13-9-17(26-3)16(21)10-15(13)18(23-24(11)19(25)22-2)12-4-6-14(20)7-5-12/h4-7,9-11H,8H2,1-3H3,(H,22,25)/t11-/m1/s1. The summed E-state index contributed by atoms with van der Waals surface area (Å²) in [5, 5.41) is 9.89. The third kappa shape index (κ3) is 3.50. The predicted molar refractivity (Wildman–Crippen MR) is 105 cm³/mol. The zero-order valence-corrected chi connectivity index (χ0v) is 16.2. The molecule has 7 heteroatoms. The summed E-state index contributed by atoms with van der Waals surface area (Å²) in [4.78, 5) is 12.3. The number of halogens is 2. The highest BCUT2D eigenvalue weighted by Gasteiger charge is 2.27. The van der Waals surface area contributed by atoms with Gasteiger partial charge in [0.1, 0.15) is 5.75 Å². The van der Waals surface area contributed by atoms with Crippen molar-refractivity contribution in [2.24, 2.45) is 5.10 Å². The summed E-state index contributed by atoms with van der Waals surface area (Å²) >= 11 is 12.4. The Hall–Kier alpha value is -2.24. The van der Waals surface area contributed by atoms with Gasteiger partial charge in [0.15, 0.2) is 0 Å². The van der Waals surface area contributed by atoms with Crippen LogP contribution in [0.15, 0.2) is 41.5 Å². The quantitative estimate of drug-likeness (QED) is 0.827. The lowest BCUT2D eigenvalue weighted by Gasteiger charge is -2.22. The maximum absolute atomic E-state index is 12.3. The summed E-state index contributed by atoms with van der Waals surface area (Å²) in [6, 6.07) is 10.7. The molecule has 1 N–H and O–H groups in total. The molecule has 3 rings (SSSR count). The number of hydrogen-bond acceptors (Lipinski definition) is 3. The fourth-order valence-corrected chi connectivity index (χ4v) is 3.35. The Bertz CT molecular complexity index is 866. The monoisotopic (exact) mass is 391 g/mol. The first-order valence-electron chi connectivity index (χ1n) is 8.17. The number of urea groups is 1. The number of rotatable bonds is 2. The number of fused-ring (bicyclic) bond motifs is 1. The van der Waals surface area contributed by atoms with E-state index in [1.807, 2.05) is 31.2 Å². The van der Waals surface area contributed by atoms with Crippen molar-refractivity contribution < 1.29 is 9.53 Å². The maximum Gasteiger partial charge on any atom is 0.337 e. The van der Waals surface area contributed by atoms with E-state index < -0.39 is 0 Å². The number of carbonyl (C=O) groups excluding carboxylic acids is 1. The summed E-state index contributed by atoms with van der Waals surface area (Å²) in [5.74, 6) is 0.599. The number of ether oxygens (including phenoxy) is 1. The summed E-state index contributed by atoms with van der Waals surface area (Å²) in [7, 11) is 3.17. The third-order valence-corrected chi connectivity index (χ3v) is 4.86. The van der Waals surface area contributed by atoms with Crippen LogP contribution >= 0.6 is 23.2 Å². The van der Waals surface area contributed by atoms with Gasteiger partial charge in [-0.05, 0) is 43.2 Å². The highest BCUT2D eigenvalue weighted by atomic mass is 35.5. The number of carbonyl (C=O) groups is 1. The van der Waals surface area contributed by atoms with Crippen LogP contribution in [-0.4, -0.2) is 37.0 Å². The van der Waals surface area contributed by atoms with Crippen LogP contribution in [0.5, 0.6) is 5.75 Å². The summed E-state index contributed by atoms with van der Waals surface area (Å²) in [6.45, 7) is 1.95. The van der Waals surface area contributed by atoms with Crippen LogP contribution in [0.3, 0.4) is 0 Å². The number of methoxy groups -OCH3 is 1. The van der Waals surface area contributed by atoms with Crippen molar-refractivity contribution in [2.75, 3.05) is 14.2 Å². The molecule has 2 aromatic rings. The van der Waals surface area contributed by atoms with Crippen LogP contribution in [-0.2, 0) is 6.42 Å². The van der Waals surface area contributed by atoms with Crippen molar-refractivity contribution in [2.45, 2.75) is 19.4 Å². The van der Waals surface area contributed by atoms with Crippen molar-refractivity contribution in [1.82, 2.24) is 10.3 Å². The number of benzene rings is 2. The highest BCUT2D eigenvalue weighted by Crippen LogP contribution is 2.33. The lowest BCUT2D eigenvalue weighted by atomic mass is 9.94. The molecule has 1 aliphatic rings. The molecule has 0 bridgehead atoms. The molecule has 1 heterocycles. The summed E-state index contributed by atoms with van der Waals surface area (Å²) < 4.78 is 5.36. The second-order valence-corrected chi connectivity index (χ2v) is 6.90. The molecular weight excluding hydrogens is 373 g/mol. The van der Waals surface area contributed by atoms with E-state index in [1.54, 1.807) is 26.3 Å². The second kappa shape index (κ2) is 7.56. The fourth-order valence-electron chi connectivity index (χ4n) is 2.99. The molecule has 0 aliphatic carbocycles. The van der Waals surface area contributed by atoms with E-state index in [9.17, 15) is 4.79 Å². The van der Waals surface area contributed by atoms with Crippen molar-refractivity contribution in [3.8, 4) is 5.75 Å². The van der Waals surface area contributed by atoms with E-state index in [0.29, 0.717) is 27.9 Å². The maximum atomic E-state index is 12.3. The van der Waals surface area contributed by atoms with Crippen molar-refractivity contribution in [3.05, 3.63) is 63.1 Å². The van der Waals surface area contributed by atoms with Gasteiger partial charge in [0.05, 0.1) is 23.9 Å². The van der Waals surface area contributed by atoms with Crippen LogP contribution in [0.4, 0.5) is 4.79 Å². The van der Waals surface area contributed by atoms with E-state index in [2.05, 4.69) is 10.4 Å². The van der Waals surface area contributed by atoms with Crippen molar-refractivity contribution in [1.29, 1.82) is 0 Å². The van der Waals surface area contributed by atoms with Gasteiger partial charge in [0, 0.05) is 23.2 Å². The molecular formula is C19H19Cl2N3O2. The van der Waals surface area contributed by atoms with Gasteiger partial charge >= 0.3 is 6.03 Å². The Kier molecular flexibility index (Phi) is 5.39. The largest absolute Gasteiger partial charge is 0.495 e. The number of amides is 2. The smallest absolute Gasteiger partial charge is 0.337 e. The Balaban J connectivity index is 2.22. The molecule has 0 saturated heterocycles. The highest BCUT2D eigenvalue weighted by molar-refractivity contribution is 6.33. The van der Waals surface area contributed by atoms with Gasteiger partial charge < -0.3 is 10.1 Å². The average Bonchev–Trinajstić information content (AvgIpc) is 2.77. The van der Waals surface area contributed by atoms with E-state index in [1.165, 1.54) is 5.01 Å². The zero-order valence-electron chi connectivity index (χ0n) is 14.7. The number of hydrogen-bond donors (Lipinski definition) is 1. The van der Waals surface area contributed by atoms with Crippen LogP contribution in [0.2, 0.25) is 10.0 Å². The second-order valence-electron chi connectivity index (χ2n) is 6.05. The van der Waals surface area contributed by atoms with Gasteiger partial charge in [0.25, 0.3) is 0 Å². The van der Waals surface area contributed by atoms with Gasteiger partial charge in [-0.15, -0.1) is 0 Å². The van der Waals surface area contributed by atoms with Gasteiger partial charge in [-0.3, -0.25) is 0 Å². The molecule has 0 radical (unpaired) electrons. The Morgan fingerprint density at radius 1 is 1.27 bits per heavy atom. The molecule has 0 aromatic heterocycles. The minimum Gasteiger partial charge on any atom is -0.495 e. The molecule has 0 fully saturated rings. The van der Waals surface area contributed by atoms with E-state index in [-0.39, 0.29) is 12.1 Å². The van der Waals surface area contributed by atoms with Gasteiger partial charge in [0.2, 0.25) is 0 Å². The van der Waals surface area contributed by atoms with Crippen LogP contribution in [0.1, 0.15) is 23.6 Å². The van der Waals surface area contributed by atoms with Gasteiger partial charge in [-0.2, -0.15) is 5.10 Å². The Morgan fingerprint density at radius 2 is 1.96 bits per heavy atom. The molecule has 0 spiro atoms. The lowest BCUT2D eigenvalue weighted by Crippen LogP contribution is -2.41. The number of nitrogens with zero attached hydrogens (tertiary/aromatic N) is 2. The SMILES string of the molecule is CNC(=O)N1N=C(c2ccc(Cl)cc2)c2cc(Cl)c(OC)cc2C[C@H]1C. The van der Waals surface area contributed by atoms with E-state index >= 15 is 0 Å². The first-order valence-corrected chi connectivity index (χ1v) is 8.92. The first-order chi connectivity index (χ1) is 12.4. The molecule has 2 amide bonds. The summed E-state index contributed by atoms with van der Waals surface area (Å²) in [5.41, 5.74) is 3.39. The zero-order chi connectivity index (χ0) is 18.8. The first kappa shape index (κ1) is 18.5. The van der Waals surface area contributed by atoms with Crippen molar-refractivity contribution >= 4 is 34.9 Å². The molecule has 1 aliphatic heterocycles. The van der Waals surface area contributed by atoms with Crippen molar-refractivity contribution in [3.63, 3.8) is 0 Å². The van der Waals surface area contributed by atoms with Crippen LogP contribution in [0.25, 0.3) is 0 Å². The molecule has 5 nitrogen and oxygen atoms in total. The average molecular weight is 392 g/mol. The number of nitrogens with one attached hydrogen (secondary N) is 1. The Morgan fingerprint density at radius 3 is 2.58 bits per heavy atom. The molecule has 136 valence electrons. The fraction of sp³-hybridized carbons (Fsp3) is 0.263. The van der Waals surface area contributed by atoms with Gasteiger partial charge in [-0.1, -0.05) is 35.3 Å². The molecule has 26 heavy (non-hydrogen) atoms. The molecule has 2 aromatic carbocycles. The molecule has 0 saturated carbocycles. The number of hydrazone groups is 1. The Labute approximate surface area is 162 Å². The van der Waals surface area contributed by atoms with Crippen LogP contribution < -0.4 is 10.1 Å². The molecule has 1 atom stereocenters. The van der Waals surface area contributed by atoms with E-state index in [4.69, 9.17) is 27.9 Å². The van der Waals surface area contributed by atoms with E-state index in [0.717, 1.165) is 16.7 Å². The topological polar surface area (TPSA) is 53.9 Å². The lowest BCUT2D eigenvalue weighted by molar-refractivity contribution is 0.184. The van der Waals surface area contributed by atoms with Crippen LogP contribution in [0, 0.1) is 0 Å². The third-order valence-electron chi connectivity index (χ3n) is 4.31. The predicted octanol–water partition coefficient (Wildman–Crippen LogP) is 4.34. The van der Waals surface area contributed by atoms with Gasteiger partial charge in [-0.25, -0.2) is 9.80 Å². The summed E-state index contributed by atoms with van der Waals surface area (Å²) in [6.07, 6.45) is 0.622. The minimum atomic E-state index is -0.269. The normalized spacial score (nSPS) is 16.4.